The molecule has 1 heterocycles. The number of hydrogen-bond donors (Lipinski definition) is 1. The van der Waals surface area contributed by atoms with Gasteiger partial charge in [-0.15, -0.1) is 0 Å². The van der Waals surface area contributed by atoms with Gasteiger partial charge in [-0.2, -0.15) is 0 Å². The lowest BCUT2D eigenvalue weighted by molar-refractivity contribution is 0.127. The predicted molar refractivity (Wildman–Crippen MR) is 79.6 cm³/mol. The second-order valence-corrected chi connectivity index (χ2v) is 5.67. The van der Waals surface area contributed by atoms with Crippen molar-refractivity contribution in [2.75, 3.05) is 20.2 Å². The van der Waals surface area contributed by atoms with Crippen LogP contribution in [0.5, 0.6) is 0 Å². The summed E-state index contributed by atoms with van der Waals surface area (Å²) in [4.78, 5) is 13.7. The summed E-state index contributed by atoms with van der Waals surface area (Å²) in [6.07, 6.45) is 0.727. The van der Waals surface area contributed by atoms with E-state index in [4.69, 9.17) is 0 Å². The van der Waals surface area contributed by atoms with Crippen LogP contribution in [-0.4, -0.2) is 37.2 Å². The SMILES string of the molecule is COC(=O)NCC(C(C)C)N1CCc2ccccc2C1. The van der Waals surface area contributed by atoms with Gasteiger partial charge in [0.1, 0.15) is 0 Å². The van der Waals surface area contributed by atoms with Crippen molar-refractivity contribution in [2.45, 2.75) is 32.9 Å². The van der Waals surface area contributed by atoms with Crippen molar-refractivity contribution >= 4 is 6.09 Å². The first-order chi connectivity index (χ1) is 9.61. The van der Waals surface area contributed by atoms with Crippen molar-refractivity contribution in [3.8, 4) is 0 Å². The minimum absolute atomic E-state index is 0.336. The highest BCUT2D eigenvalue weighted by Crippen LogP contribution is 2.22. The minimum Gasteiger partial charge on any atom is -0.453 e. The first-order valence-electron chi connectivity index (χ1n) is 7.24. The Labute approximate surface area is 121 Å². The Hall–Kier alpha value is -1.55. The molecule has 1 unspecified atom stereocenters. The van der Waals surface area contributed by atoms with Gasteiger partial charge >= 0.3 is 6.09 Å². The molecule has 1 atom stereocenters. The molecular formula is C16H24N2O2. The molecule has 1 aliphatic heterocycles. The van der Waals surface area contributed by atoms with Gasteiger partial charge in [-0.1, -0.05) is 38.1 Å². The standard InChI is InChI=1S/C16H24N2O2/c1-12(2)15(10-17-16(19)20-3)18-9-8-13-6-4-5-7-14(13)11-18/h4-7,12,15H,8-11H2,1-3H3,(H,17,19). The second-order valence-electron chi connectivity index (χ2n) is 5.67. The molecule has 0 spiro atoms. The van der Waals surface area contributed by atoms with Crippen molar-refractivity contribution in [1.29, 1.82) is 0 Å². The van der Waals surface area contributed by atoms with E-state index in [0.717, 1.165) is 19.5 Å². The second kappa shape index (κ2) is 6.75. The van der Waals surface area contributed by atoms with Crippen LogP contribution in [0.1, 0.15) is 25.0 Å². The van der Waals surface area contributed by atoms with E-state index < -0.39 is 0 Å². The molecular weight excluding hydrogens is 252 g/mol. The van der Waals surface area contributed by atoms with Gasteiger partial charge in [0.05, 0.1) is 7.11 Å². The number of fused-ring (bicyclic) bond motifs is 1. The number of methoxy groups -OCH3 is 1. The predicted octanol–water partition coefficient (Wildman–Crippen LogP) is 2.43. The molecule has 1 N–H and O–H groups in total. The summed E-state index contributed by atoms with van der Waals surface area (Å²) in [6.45, 7) is 7.03. The Bertz CT molecular complexity index is 460. The molecule has 110 valence electrons. The summed E-state index contributed by atoms with van der Waals surface area (Å²) in [5.41, 5.74) is 2.86. The largest absolute Gasteiger partial charge is 0.453 e. The van der Waals surface area contributed by atoms with Crippen molar-refractivity contribution in [3.63, 3.8) is 0 Å². The van der Waals surface area contributed by atoms with E-state index in [1.807, 2.05) is 0 Å². The molecule has 0 fully saturated rings. The Morgan fingerprint density at radius 3 is 2.70 bits per heavy atom. The van der Waals surface area contributed by atoms with Gasteiger partial charge in [-0.3, -0.25) is 4.90 Å². The van der Waals surface area contributed by atoms with E-state index in [2.05, 4.69) is 53.1 Å². The lowest BCUT2D eigenvalue weighted by Gasteiger charge is -2.37. The van der Waals surface area contributed by atoms with Gasteiger partial charge in [0, 0.05) is 25.7 Å². The summed E-state index contributed by atoms with van der Waals surface area (Å²) in [5, 5.41) is 2.83. The average Bonchev–Trinajstić information content (AvgIpc) is 2.46. The molecule has 2 rings (SSSR count). The van der Waals surface area contributed by atoms with Crippen LogP contribution in [0.4, 0.5) is 4.79 Å². The molecule has 1 aliphatic rings. The monoisotopic (exact) mass is 276 g/mol. The maximum atomic E-state index is 11.3. The van der Waals surface area contributed by atoms with E-state index in [-0.39, 0.29) is 6.09 Å². The number of nitrogens with one attached hydrogen (secondary N) is 1. The van der Waals surface area contributed by atoms with E-state index in [9.17, 15) is 4.79 Å². The average molecular weight is 276 g/mol. The van der Waals surface area contributed by atoms with Gasteiger partial charge < -0.3 is 10.1 Å². The third-order valence-electron chi connectivity index (χ3n) is 4.04. The van der Waals surface area contributed by atoms with Crippen molar-refractivity contribution < 1.29 is 9.53 Å². The number of rotatable bonds is 4. The Kier molecular flexibility index (Phi) is 5.01. The van der Waals surface area contributed by atoms with E-state index >= 15 is 0 Å². The van der Waals surface area contributed by atoms with Crippen LogP contribution in [-0.2, 0) is 17.7 Å². The van der Waals surface area contributed by atoms with E-state index in [1.165, 1.54) is 18.2 Å². The zero-order valence-electron chi connectivity index (χ0n) is 12.6. The third kappa shape index (κ3) is 3.51. The van der Waals surface area contributed by atoms with Crippen LogP contribution in [0, 0.1) is 5.92 Å². The third-order valence-corrected chi connectivity index (χ3v) is 4.04. The van der Waals surface area contributed by atoms with Crippen LogP contribution in [0.2, 0.25) is 0 Å². The molecule has 4 nitrogen and oxygen atoms in total. The number of carbonyl (C=O) groups is 1. The zero-order chi connectivity index (χ0) is 14.5. The molecule has 0 aliphatic carbocycles. The number of alkyl carbamates (subject to hydrolysis) is 1. The Balaban J connectivity index is 2.02. The zero-order valence-corrected chi connectivity index (χ0v) is 12.6. The number of carbonyl (C=O) groups excluding carboxylic acids is 1. The van der Waals surface area contributed by atoms with Gasteiger partial charge in [0.15, 0.2) is 0 Å². The van der Waals surface area contributed by atoms with Crippen molar-refractivity contribution in [3.05, 3.63) is 35.4 Å². The fourth-order valence-corrected chi connectivity index (χ4v) is 2.85. The first-order valence-corrected chi connectivity index (χ1v) is 7.24. The molecule has 4 heteroatoms. The van der Waals surface area contributed by atoms with Gasteiger partial charge in [0.25, 0.3) is 0 Å². The highest BCUT2D eigenvalue weighted by molar-refractivity contribution is 5.66. The number of amides is 1. The molecule has 0 radical (unpaired) electrons. The normalized spacial score (nSPS) is 16.6. The summed E-state index contributed by atoms with van der Waals surface area (Å²) < 4.78 is 4.66. The summed E-state index contributed by atoms with van der Waals surface area (Å²) in [5.74, 6) is 0.484. The molecule has 0 aromatic heterocycles. The molecule has 1 aromatic rings. The van der Waals surface area contributed by atoms with Crippen LogP contribution in [0.25, 0.3) is 0 Å². The first kappa shape index (κ1) is 14.9. The minimum atomic E-state index is -0.354. The van der Waals surface area contributed by atoms with Gasteiger partial charge in [0.2, 0.25) is 0 Å². The van der Waals surface area contributed by atoms with Crippen molar-refractivity contribution in [2.24, 2.45) is 5.92 Å². The maximum absolute atomic E-state index is 11.3. The van der Waals surface area contributed by atoms with E-state index in [0.29, 0.717) is 18.5 Å². The molecule has 0 saturated heterocycles. The van der Waals surface area contributed by atoms with Crippen LogP contribution in [0.3, 0.4) is 0 Å². The Morgan fingerprint density at radius 2 is 2.05 bits per heavy atom. The van der Waals surface area contributed by atoms with Crippen molar-refractivity contribution in [1.82, 2.24) is 10.2 Å². The molecule has 0 bridgehead atoms. The maximum Gasteiger partial charge on any atom is 0.406 e. The number of hydrogen-bond acceptors (Lipinski definition) is 3. The molecule has 1 aromatic carbocycles. The fourth-order valence-electron chi connectivity index (χ4n) is 2.85. The van der Waals surface area contributed by atoms with Gasteiger partial charge in [-0.25, -0.2) is 4.79 Å². The topological polar surface area (TPSA) is 41.6 Å². The number of nitrogens with zero attached hydrogens (tertiary/aromatic N) is 1. The molecule has 1 amide bonds. The van der Waals surface area contributed by atoms with Crippen LogP contribution in [0.15, 0.2) is 24.3 Å². The smallest absolute Gasteiger partial charge is 0.406 e. The lowest BCUT2D eigenvalue weighted by atomic mass is 9.95. The van der Waals surface area contributed by atoms with Crippen LogP contribution < -0.4 is 5.32 Å². The lowest BCUT2D eigenvalue weighted by Crippen LogP contribution is -2.48. The van der Waals surface area contributed by atoms with Gasteiger partial charge in [-0.05, 0) is 23.5 Å². The number of ether oxygens (including phenoxy) is 1. The number of benzene rings is 1. The fraction of sp³-hybridized carbons (Fsp3) is 0.562. The molecule has 0 saturated carbocycles. The molecule has 20 heavy (non-hydrogen) atoms. The summed E-state index contributed by atoms with van der Waals surface area (Å²) in [6, 6.07) is 8.95. The van der Waals surface area contributed by atoms with E-state index in [1.54, 1.807) is 0 Å². The van der Waals surface area contributed by atoms with Crippen LogP contribution >= 0.6 is 0 Å². The highest BCUT2D eigenvalue weighted by atomic mass is 16.5. The summed E-state index contributed by atoms with van der Waals surface area (Å²) in [7, 11) is 1.40. The summed E-state index contributed by atoms with van der Waals surface area (Å²) >= 11 is 0. The Morgan fingerprint density at radius 1 is 1.35 bits per heavy atom. The quantitative estimate of drug-likeness (QED) is 0.918. The highest BCUT2D eigenvalue weighted by Gasteiger charge is 2.26.